The SMILES string of the molecule is c1ccc2c(c1)oc1cc(-c3ccc(N(c4ccc(-c5cccc6c5sc5c6ccc6sc7ccccc7c65)cc4)c4cccc5oc6ccccc6c45)cc3)ccc12. The van der Waals surface area contributed by atoms with Gasteiger partial charge in [0.25, 0.3) is 0 Å². The van der Waals surface area contributed by atoms with E-state index in [4.69, 9.17) is 8.83 Å². The monoisotopic (exact) mass is 789 g/mol. The maximum atomic E-state index is 6.40. The van der Waals surface area contributed by atoms with E-state index in [0.717, 1.165) is 72.1 Å². The molecule has 0 fully saturated rings. The Labute approximate surface area is 346 Å². The van der Waals surface area contributed by atoms with Crippen molar-refractivity contribution >= 4 is 124 Å². The van der Waals surface area contributed by atoms with Crippen molar-refractivity contribution in [3.05, 3.63) is 188 Å². The lowest BCUT2D eigenvalue weighted by Crippen LogP contribution is -2.10. The molecule has 0 saturated carbocycles. The zero-order valence-corrected chi connectivity index (χ0v) is 33.1. The topological polar surface area (TPSA) is 29.5 Å². The predicted molar refractivity (Wildman–Crippen MR) is 252 cm³/mol. The smallest absolute Gasteiger partial charge is 0.137 e. The summed E-state index contributed by atoms with van der Waals surface area (Å²) in [4.78, 5) is 2.36. The summed E-state index contributed by atoms with van der Waals surface area (Å²) in [6.45, 7) is 0. The van der Waals surface area contributed by atoms with E-state index in [1.165, 1.54) is 51.5 Å². The molecule has 0 amide bonds. The van der Waals surface area contributed by atoms with Gasteiger partial charge in [-0.1, -0.05) is 115 Å². The highest BCUT2D eigenvalue weighted by molar-refractivity contribution is 7.30. The number of rotatable bonds is 5. The van der Waals surface area contributed by atoms with Crippen molar-refractivity contribution in [2.24, 2.45) is 0 Å². The Balaban J connectivity index is 0.943. The maximum Gasteiger partial charge on any atom is 0.137 e. The third-order valence-corrected chi connectivity index (χ3v) is 14.3. The zero-order valence-electron chi connectivity index (χ0n) is 31.5. The highest BCUT2D eigenvalue weighted by atomic mass is 32.1. The molecule has 4 aromatic heterocycles. The molecule has 0 atom stereocenters. The van der Waals surface area contributed by atoms with Crippen LogP contribution < -0.4 is 4.90 Å². The number of anilines is 3. The summed E-state index contributed by atoms with van der Waals surface area (Å²) in [5.41, 5.74) is 11.4. The molecule has 0 aliphatic heterocycles. The summed E-state index contributed by atoms with van der Waals surface area (Å²) in [6.07, 6.45) is 0. The molecule has 0 radical (unpaired) electrons. The summed E-state index contributed by atoms with van der Waals surface area (Å²) >= 11 is 3.80. The molecule has 0 aliphatic rings. The van der Waals surface area contributed by atoms with Crippen LogP contribution in [0.5, 0.6) is 0 Å². The van der Waals surface area contributed by atoms with Gasteiger partial charge in [-0.3, -0.25) is 0 Å². The van der Waals surface area contributed by atoms with E-state index in [-0.39, 0.29) is 0 Å². The second-order valence-electron chi connectivity index (χ2n) is 15.2. The van der Waals surface area contributed by atoms with Gasteiger partial charge in [-0.25, -0.2) is 0 Å². The van der Waals surface area contributed by atoms with Crippen LogP contribution in [-0.2, 0) is 0 Å². The number of hydrogen-bond acceptors (Lipinski definition) is 5. The fraction of sp³-hybridized carbons (Fsp3) is 0. The van der Waals surface area contributed by atoms with Crippen LogP contribution in [0.2, 0.25) is 0 Å². The molecule has 9 aromatic carbocycles. The van der Waals surface area contributed by atoms with Gasteiger partial charge < -0.3 is 13.7 Å². The Morgan fingerprint density at radius 2 is 0.932 bits per heavy atom. The van der Waals surface area contributed by atoms with Gasteiger partial charge in [-0.15, -0.1) is 22.7 Å². The third kappa shape index (κ3) is 4.99. The van der Waals surface area contributed by atoms with Crippen LogP contribution in [0.25, 0.3) is 106 Å². The van der Waals surface area contributed by atoms with Gasteiger partial charge in [0.05, 0.1) is 11.1 Å². The summed E-state index contributed by atoms with van der Waals surface area (Å²) in [5, 5.41) is 9.82. The first kappa shape index (κ1) is 32.9. The minimum absolute atomic E-state index is 0.866. The summed E-state index contributed by atoms with van der Waals surface area (Å²) in [5.74, 6) is 0. The minimum atomic E-state index is 0.866. The van der Waals surface area contributed by atoms with E-state index < -0.39 is 0 Å². The fourth-order valence-corrected chi connectivity index (χ4v) is 11.7. The molecule has 0 spiro atoms. The van der Waals surface area contributed by atoms with Crippen molar-refractivity contribution in [1.29, 1.82) is 0 Å². The number of para-hydroxylation sites is 2. The van der Waals surface area contributed by atoms with Crippen molar-refractivity contribution in [3.8, 4) is 22.3 Å². The lowest BCUT2D eigenvalue weighted by molar-refractivity contribution is 0.668. The second kappa shape index (κ2) is 12.7. The summed E-state index contributed by atoms with van der Waals surface area (Å²) in [6, 6.07) is 67.6. The Bertz CT molecular complexity index is 3790. The highest BCUT2D eigenvalue weighted by Crippen LogP contribution is 2.48. The fourth-order valence-electron chi connectivity index (χ4n) is 9.16. The molecule has 0 aliphatic carbocycles. The lowest BCUT2D eigenvalue weighted by atomic mass is 10.0. The Kier molecular flexibility index (Phi) is 7.05. The minimum Gasteiger partial charge on any atom is -0.456 e. The van der Waals surface area contributed by atoms with Crippen LogP contribution in [0.15, 0.2) is 197 Å². The highest BCUT2D eigenvalue weighted by Gasteiger charge is 2.21. The van der Waals surface area contributed by atoms with Gasteiger partial charge in [-0.2, -0.15) is 0 Å². The van der Waals surface area contributed by atoms with E-state index in [0.29, 0.717) is 0 Å². The van der Waals surface area contributed by atoms with E-state index in [1.807, 2.05) is 46.9 Å². The second-order valence-corrected chi connectivity index (χ2v) is 17.3. The van der Waals surface area contributed by atoms with Crippen LogP contribution in [-0.4, -0.2) is 0 Å². The molecular formula is C54H31NO2S2. The van der Waals surface area contributed by atoms with Crippen molar-refractivity contribution in [2.45, 2.75) is 0 Å². The van der Waals surface area contributed by atoms with E-state index in [9.17, 15) is 0 Å². The molecule has 5 heteroatoms. The largest absolute Gasteiger partial charge is 0.456 e. The first-order valence-corrected chi connectivity index (χ1v) is 21.4. The quantitative estimate of drug-likeness (QED) is 0.174. The number of hydrogen-bond donors (Lipinski definition) is 0. The molecule has 0 unspecified atom stereocenters. The molecule has 0 bridgehead atoms. The van der Waals surface area contributed by atoms with Crippen molar-refractivity contribution in [1.82, 2.24) is 0 Å². The number of fused-ring (bicyclic) bond motifs is 13. The van der Waals surface area contributed by atoms with Crippen LogP contribution in [0.1, 0.15) is 0 Å². The average Bonchev–Trinajstić information content (AvgIpc) is 4.06. The number of nitrogens with zero attached hydrogens (tertiary/aromatic N) is 1. The van der Waals surface area contributed by atoms with Crippen molar-refractivity contribution < 1.29 is 8.83 Å². The Hall–Kier alpha value is -7.18. The van der Waals surface area contributed by atoms with E-state index in [1.54, 1.807) is 0 Å². The maximum absolute atomic E-state index is 6.40. The van der Waals surface area contributed by atoms with Gasteiger partial charge in [-0.05, 0) is 95.1 Å². The average molecular weight is 790 g/mol. The molecule has 4 heterocycles. The Morgan fingerprint density at radius 1 is 0.339 bits per heavy atom. The standard InChI is InChI=1S/C54H31NO2S2/c1-4-15-45-38(9-1)39-28-23-34(31-48(39)57-45)32-19-24-35(25-20-32)55(44-14-8-17-47-51(44)42-10-2-5-16-46(42)56-47)36-26-21-33(22-27-36)37-12-7-13-40-41-29-30-50-52(54(41)59-53(37)40)43-11-3-6-18-49(43)58-50/h1-31H. The zero-order chi connectivity index (χ0) is 38.6. The van der Waals surface area contributed by atoms with Crippen LogP contribution in [0.4, 0.5) is 17.1 Å². The molecule has 276 valence electrons. The molecule has 0 saturated heterocycles. The van der Waals surface area contributed by atoms with Crippen LogP contribution in [0.3, 0.4) is 0 Å². The molecule has 13 aromatic rings. The first-order chi connectivity index (χ1) is 29.2. The van der Waals surface area contributed by atoms with Crippen LogP contribution in [0, 0.1) is 0 Å². The molecule has 0 N–H and O–H groups in total. The number of benzene rings is 9. The molecule has 59 heavy (non-hydrogen) atoms. The third-order valence-electron chi connectivity index (χ3n) is 11.9. The van der Waals surface area contributed by atoms with Crippen molar-refractivity contribution in [2.75, 3.05) is 4.90 Å². The number of thiophene rings is 2. The van der Waals surface area contributed by atoms with Crippen molar-refractivity contribution in [3.63, 3.8) is 0 Å². The lowest BCUT2D eigenvalue weighted by Gasteiger charge is -2.26. The van der Waals surface area contributed by atoms with E-state index >= 15 is 0 Å². The summed E-state index contributed by atoms with van der Waals surface area (Å²) < 4.78 is 18.0. The Morgan fingerprint density at radius 3 is 1.76 bits per heavy atom. The molecule has 3 nitrogen and oxygen atoms in total. The molecular weight excluding hydrogens is 759 g/mol. The van der Waals surface area contributed by atoms with E-state index in [2.05, 4.69) is 169 Å². The van der Waals surface area contributed by atoms with Gasteiger partial charge >= 0.3 is 0 Å². The summed E-state index contributed by atoms with van der Waals surface area (Å²) in [7, 11) is 0. The van der Waals surface area contributed by atoms with Gasteiger partial charge in [0.15, 0.2) is 0 Å². The van der Waals surface area contributed by atoms with Crippen LogP contribution >= 0.6 is 22.7 Å². The normalized spacial score (nSPS) is 12.1. The first-order valence-electron chi connectivity index (χ1n) is 19.8. The van der Waals surface area contributed by atoms with Gasteiger partial charge in [0, 0.05) is 67.9 Å². The van der Waals surface area contributed by atoms with Gasteiger partial charge in [0.1, 0.15) is 22.3 Å². The van der Waals surface area contributed by atoms with Gasteiger partial charge in [0.2, 0.25) is 0 Å². The molecule has 13 rings (SSSR count). The number of furan rings is 2. The predicted octanol–water partition coefficient (Wildman–Crippen LogP) is 17.0.